The number of amides is 1. The Labute approximate surface area is 142 Å². The number of nitrogens with zero attached hydrogens (tertiary/aromatic N) is 3. The number of anilines is 1. The maximum atomic E-state index is 12.2. The molecule has 23 heavy (non-hydrogen) atoms. The standard InChI is InChI=1S/C17H24ClN3O2/c1-11-5-14(6-19-15(11)18)20-7-12-9-21(10-13(12)8-20)16(22)23-17(2,3)4/h5-6,12-13H,7-10H2,1-4H3. The molecule has 0 spiro atoms. The summed E-state index contributed by atoms with van der Waals surface area (Å²) in [4.78, 5) is 20.6. The molecule has 0 radical (unpaired) electrons. The largest absolute Gasteiger partial charge is 0.444 e. The summed E-state index contributed by atoms with van der Waals surface area (Å²) in [7, 11) is 0. The van der Waals surface area contributed by atoms with E-state index in [2.05, 4.69) is 16.0 Å². The maximum absolute atomic E-state index is 12.2. The fourth-order valence-electron chi connectivity index (χ4n) is 3.40. The molecule has 0 saturated carbocycles. The van der Waals surface area contributed by atoms with Gasteiger partial charge in [-0.15, -0.1) is 0 Å². The Bertz CT molecular complexity index is 600. The lowest BCUT2D eigenvalue weighted by Gasteiger charge is -2.26. The number of likely N-dealkylation sites (tertiary alicyclic amines) is 1. The van der Waals surface area contributed by atoms with E-state index >= 15 is 0 Å². The first-order chi connectivity index (χ1) is 10.7. The molecule has 0 bridgehead atoms. The van der Waals surface area contributed by atoms with Gasteiger partial charge in [0.25, 0.3) is 0 Å². The van der Waals surface area contributed by atoms with Gasteiger partial charge in [-0.05, 0) is 39.3 Å². The van der Waals surface area contributed by atoms with Gasteiger partial charge < -0.3 is 14.5 Å². The van der Waals surface area contributed by atoms with Crippen molar-refractivity contribution in [2.75, 3.05) is 31.1 Å². The molecule has 3 heterocycles. The summed E-state index contributed by atoms with van der Waals surface area (Å²) in [5, 5.41) is 0.559. The van der Waals surface area contributed by atoms with Crippen molar-refractivity contribution in [3.8, 4) is 0 Å². The van der Waals surface area contributed by atoms with Crippen molar-refractivity contribution in [2.45, 2.75) is 33.3 Å². The van der Waals surface area contributed by atoms with Gasteiger partial charge in [-0.1, -0.05) is 11.6 Å². The van der Waals surface area contributed by atoms with Gasteiger partial charge in [0.2, 0.25) is 0 Å². The highest BCUT2D eigenvalue weighted by atomic mass is 35.5. The number of fused-ring (bicyclic) bond motifs is 1. The van der Waals surface area contributed by atoms with Gasteiger partial charge in [-0.2, -0.15) is 0 Å². The average molecular weight is 338 g/mol. The van der Waals surface area contributed by atoms with Crippen molar-refractivity contribution in [1.82, 2.24) is 9.88 Å². The lowest BCUT2D eigenvalue weighted by molar-refractivity contribution is 0.0282. The van der Waals surface area contributed by atoms with Crippen LogP contribution in [-0.4, -0.2) is 47.8 Å². The molecule has 0 N–H and O–H groups in total. The average Bonchev–Trinajstić information content (AvgIpc) is 2.98. The summed E-state index contributed by atoms with van der Waals surface area (Å²) in [6, 6.07) is 2.09. The lowest BCUT2D eigenvalue weighted by atomic mass is 10.0. The van der Waals surface area contributed by atoms with Crippen molar-refractivity contribution < 1.29 is 9.53 Å². The number of hydrogen-bond acceptors (Lipinski definition) is 4. The van der Waals surface area contributed by atoms with Crippen molar-refractivity contribution in [2.24, 2.45) is 11.8 Å². The van der Waals surface area contributed by atoms with E-state index in [0.717, 1.165) is 37.4 Å². The van der Waals surface area contributed by atoms with Crippen LogP contribution in [0.1, 0.15) is 26.3 Å². The molecule has 2 unspecified atom stereocenters. The van der Waals surface area contributed by atoms with Gasteiger partial charge in [0, 0.05) is 38.0 Å². The second-order valence-electron chi connectivity index (χ2n) is 7.61. The number of rotatable bonds is 1. The van der Waals surface area contributed by atoms with E-state index < -0.39 is 5.60 Å². The van der Waals surface area contributed by atoms with Crippen LogP contribution in [0.25, 0.3) is 0 Å². The Balaban J connectivity index is 1.61. The predicted molar refractivity (Wildman–Crippen MR) is 91.0 cm³/mol. The predicted octanol–water partition coefficient (Wildman–Crippen LogP) is 3.35. The second kappa shape index (κ2) is 5.86. The summed E-state index contributed by atoms with van der Waals surface area (Å²) in [6.07, 6.45) is 1.64. The van der Waals surface area contributed by atoms with E-state index in [1.165, 1.54) is 0 Å². The first kappa shape index (κ1) is 16.4. The van der Waals surface area contributed by atoms with Crippen molar-refractivity contribution in [3.05, 3.63) is 23.0 Å². The van der Waals surface area contributed by atoms with Crippen LogP contribution in [0.2, 0.25) is 5.15 Å². The Morgan fingerprint density at radius 3 is 2.39 bits per heavy atom. The normalized spacial score (nSPS) is 24.0. The molecule has 3 rings (SSSR count). The molecule has 2 saturated heterocycles. The van der Waals surface area contributed by atoms with Crippen LogP contribution < -0.4 is 4.90 Å². The van der Waals surface area contributed by atoms with Gasteiger partial charge in [-0.25, -0.2) is 9.78 Å². The highest BCUT2D eigenvalue weighted by molar-refractivity contribution is 6.30. The van der Waals surface area contributed by atoms with Crippen LogP contribution in [0.5, 0.6) is 0 Å². The molecule has 1 amide bonds. The Hall–Kier alpha value is -1.49. The van der Waals surface area contributed by atoms with Gasteiger partial charge >= 0.3 is 6.09 Å². The van der Waals surface area contributed by atoms with Crippen LogP contribution in [0.15, 0.2) is 12.3 Å². The quantitative estimate of drug-likeness (QED) is 0.737. The molecule has 5 nitrogen and oxygen atoms in total. The van der Waals surface area contributed by atoms with Gasteiger partial charge in [-0.3, -0.25) is 0 Å². The van der Waals surface area contributed by atoms with Crippen molar-refractivity contribution in [3.63, 3.8) is 0 Å². The van der Waals surface area contributed by atoms with E-state index in [1.807, 2.05) is 38.8 Å². The van der Waals surface area contributed by atoms with Crippen LogP contribution >= 0.6 is 11.6 Å². The zero-order valence-corrected chi connectivity index (χ0v) is 14.9. The third-order valence-corrected chi connectivity index (χ3v) is 4.90. The number of halogens is 1. The van der Waals surface area contributed by atoms with E-state index in [-0.39, 0.29) is 6.09 Å². The lowest BCUT2D eigenvalue weighted by Crippen LogP contribution is -2.37. The fraction of sp³-hybridized carbons (Fsp3) is 0.647. The molecule has 0 aliphatic carbocycles. The summed E-state index contributed by atoms with van der Waals surface area (Å²) in [5.41, 5.74) is 1.68. The zero-order valence-electron chi connectivity index (χ0n) is 14.2. The smallest absolute Gasteiger partial charge is 0.410 e. The van der Waals surface area contributed by atoms with Crippen LogP contribution in [-0.2, 0) is 4.74 Å². The summed E-state index contributed by atoms with van der Waals surface area (Å²) < 4.78 is 5.48. The van der Waals surface area contributed by atoms with E-state index in [9.17, 15) is 4.79 Å². The second-order valence-corrected chi connectivity index (χ2v) is 7.97. The maximum Gasteiger partial charge on any atom is 0.410 e. The van der Waals surface area contributed by atoms with Gasteiger partial charge in [0.15, 0.2) is 0 Å². The Morgan fingerprint density at radius 1 is 1.26 bits per heavy atom. The molecule has 1 aromatic heterocycles. The van der Waals surface area contributed by atoms with E-state index in [1.54, 1.807) is 0 Å². The molecule has 2 aliphatic rings. The zero-order chi connectivity index (χ0) is 16.8. The van der Waals surface area contributed by atoms with Crippen molar-refractivity contribution >= 4 is 23.4 Å². The number of aryl methyl sites for hydroxylation is 1. The number of ether oxygens (including phenoxy) is 1. The summed E-state index contributed by atoms with van der Waals surface area (Å²) in [5.74, 6) is 0.997. The molecule has 126 valence electrons. The number of aromatic nitrogens is 1. The van der Waals surface area contributed by atoms with Crippen LogP contribution in [0, 0.1) is 18.8 Å². The minimum atomic E-state index is -0.437. The SMILES string of the molecule is Cc1cc(N2CC3CN(C(=O)OC(C)(C)C)CC3C2)cnc1Cl. The monoisotopic (exact) mass is 337 g/mol. The fourth-order valence-corrected chi connectivity index (χ4v) is 3.50. The van der Waals surface area contributed by atoms with Crippen LogP contribution in [0.3, 0.4) is 0 Å². The number of carbonyl (C=O) groups excluding carboxylic acids is 1. The molecular weight excluding hydrogens is 314 g/mol. The minimum absolute atomic E-state index is 0.192. The first-order valence-corrected chi connectivity index (χ1v) is 8.46. The minimum Gasteiger partial charge on any atom is -0.444 e. The number of carbonyl (C=O) groups is 1. The van der Waals surface area contributed by atoms with Gasteiger partial charge in [0.05, 0.1) is 11.9 Å². The van der Waals surface area contributed by atoms with E-state index in [4.69, 9.17) is 16.3 Å². The summed E-state index contributed by atoms with van der Waals surface area (Å²) in [6.45, 7) is 11.1. The molecule has 2 fully saturated rings. The summed E-state index contributed by atoms with van der Waals surface area (Å²) >= 11 is 6.00. The highest BCUT2D eigenvalue weighted by Gasteiger charge is 2.42. The third-order valence-electron chi connectivity index (χ3n) is 4.50. The highest BCUT2D eigenvalue weighted by Crippen LogP contribution is 2.35. The Morgan fingerprint density at radius 2 is 1.87 bits per heavy atom. The van der Waals surface area contributed by atoms with Crippen LogP contribution in [0.4, 0.5) is 10.5 Å². The van der Waals surface area contributed by atoms with Crippen molar-refractivity contribution in [1.29, 1.82) is 0 Å². The molecule has 0 aromatic carbocycles. The molecular formula is C17H24ClN3O2. The van der Waals surface area contributed by atoms with E-state index in [0.29, 0.717) is 17.0 Å². The number of pyridine rings is 1. The van der Waals surface area contributed by atoms with Gasteiger partial charge in [0.1, 0.15) is 10.8 Å². The molecule has 2 aliphatic heterocycles. The molecule has 1 aromatic rings. The molecule has 6 heteroatoms. The number of hydrogen-bond donors (Lipinski definition) is 0. The molecule has 2 atom stereocenters. The Kier molecular flexibility index (Phi) is 4.17. The first-order valence-electron chi connectivity index (χ1n) is 8.08. The topological polar surface area (TPSA) is 45.7 Å². The third kappa shape index (κ3) is 3.55.